The van der Waals surface area contributed by atoms with E-state index in [0.717, 1.165) is 35.7 Å². The van der Waals surface area contributed by atoms with E-state index in [1.807, 2.05) is 29.2 Å². The number of imide groups is 1. The lowest BCUT2D eigenvalue weighted by atomic mass is 10.1. The molecule has 1 saturated heterocycles. The van der Waals surface area contributed by atoms with Gasteiger partial charge in [-0.05, 0) is 30.5 Å². The van der Waals surface area contributed by atoms with Gasteiger partial charge in [0.1, 0.15) is 0 Å². The SMILES string of the molecule is O=C(CN1CCOC(c2ccc(Br)cc2)C1)NC(=O)NC1CCCC1. The minimum atomic E-state index is -0.380. The Bertz CT molecular complexity index is 602. The second-order valence-electron chi connectivity index (χ2n) is 6.65. The molecule has 2 fully saturated rings. The topological polar surface area (TPSA) is 70.7 Å². The van der Waals surface area contributed by atoms with Crippen molar-refractivity contribution >= 4 is 27.9 Å². The molecule has 3 rings (SSSR count). The third kappa shape index (κ3) is 5.52. The molecule has 1 saturated carbocycles. The fourth-order valence-electron chi connectivity index (χ4n) is 3.39. The van der Waals surface area contributed by atoms with E-state index in [0.29, 0.717) is 19.7 Å². The molecule has 1 unspecified atom stereocenters. The molecule has 0 spiro atoms. The summed E-state index contributed by atoms with van der Waals surface area (Å²) in [5.74, 6) is -0.271. The zero-order valence-electron chi connectivity index (χ0n) is 14.2. The normalized spacial score (nSPS) is 21.9. The number of amides is 3. The maximum absolute atomic E-state index is 12.1. The Hall–Kier alpha value is -1.44. The highest BCUT2D eigenvalue weighted by Gasteiger charge is 2.24. The van der Waals surface area contributed by atoms with E-state index in [2.05, 4.69) is 26.6 Å². The molecular weight excluding hydrogens is 386 g/mol. The number of benzene rings is 1. The minimum Gasteiger partial charge on any atom is -0.371 e. The second-order valence-corrected chi connectivity index (χ2v) is 7.56. The van der Waals surface area contributed by atoms with Crippen molar-refractivity contribution in [2.45, 2.75) is 37.8 Å². The molecule has 1 aromatic rings. The van der Waals surface area contributed by atoms with Crippen LogP contribution in [0, 0.1) is 0 Å². The molecule has 136 valence electrons. The highest BCUT2D eigenvalue weighted by Crippen LogP contribution is 2.23. The van der Waals surface area contributed by atoms with Gasteiger partial charge in [0.05, 0.1) is 19.3 Å². The van der Waals surface area contributed by atoms with Crippen LogP contribution in [0.3, 0.4) is 0 Å². The van der Waals surface area contributed by atoms with Crippen molar-refractivity contribution in [2.75, 3.05) is 26.2 Å². The summed E-state index contributed by atoms with van der Waals surface area (Å²) < 4.78 is 6.84. The van der Waals surface area contributed by atoms with E-state index < -0.39 is 0 Å². The molecule has 3 amide bonds. The van der Waals surface area contributed by atoms with Gasteiger partial charge in [0.15, 0.2) is 0 Å². The summed E-state index contributed by atoms with van der Waals surface area (Å²) in [6.45, 7) is 2.10. The van der Waals surface area contributed by atoms with Crippen molar-refractivity contribution in [3.63, 3.8) is 0 Å². The summed E-state index contributed by atoms with van der Waals surface area (Å²) in [7, 11) is 0. The monoisotopic (exact) mass is 409 g/mol. The third-order valence-electron chi connectivity index (χ3n) is 4.70. The number of carbonyl (C=O) groups is 2. The third-order valence-corrected chi connectivity index (χ3v) is 5.23. The lowest BCUT2D eigenvalue weighted by Gasteiger charge is -2.32. The Morgan fingerprint density at radius 1 is 1.20 bits per heavy atom. The van der Waals surface area contributed by atoms with Crippen LogP contribution in [-0.4, -0.2) is 49.1 Å². The lowest BCUT2D eigenvalue weighted by Crippen LogP contribution is -2.49. The van der Waals surface area contributed by atoms with Crippen LogP contribution in [0.5, 0.6) is 0 Å². The summed E-state index contributed by atoms with van der Waals surface area (Å²) in [4.78, 5) is 26.0. The Kier molecular flexibility index (Phi) is 6.45. The van der Waals surface area contributed by atoms with Gasteiger partial charge in [0.2, 0.25) is 5.91 Å². The van der Waals surface area contributed by atoms with Gasteiger partial charge in [0.25, 0.3) is 0 Å². The average molecular weight is 410 g/mol. The quantitative estimate of drug-likeness (QED) is 0.801. The molecule has 2 aliphatic rings. The zero-order valence-corrected chi connectivity index (χ0v) is 15.8. The van der Waals surface area contributed by atoms with Crippen LogP contribution in [0.25, 0.3) is 0 Å². The van der Waals surface area contributed by atoms with Gasteiger partial charge in [-0.25, -0.2) is 4.79 Å². The molecule has 0 aromatic heterocycles. The number of nitrogens with one attached hydrogen (secondary N) is 2. The van der Waals surface area contributed by atoms with Crippen molar-refractivity contribution in [1.82, 2.24) is 15.5 Å². The Morgan fingerprint density at radius 3 is 2.64 bits per heavy atom. The first-order valence-corrected chi connectivity index (χ1v) is 9.59. The van der Waals surface area contributed by atoms with Crippen molar-refractivity contribution in [2.24, 2.45) is 0 Å². The molecule has 0 radical (unpaired) electrons. The number of urea groups is 1. The molecule has 0 bridgehead atoms. The van der Waals surface area contributed by atoms with E-state index in [4.69, 9.17) is 4.74 Å². The number of carbonyl (C=O) groups excluding carboxylic acids is 2. The predicted octanol–water partition coefficient (Wildman–Crippen LogP) is 2.59. The molecule has 25 heavy (non-hydrogen) atoms. The predicted molar refractivity (Wildman–Crippen MR) is 98.2 cm³/mol. The largest absolute Gasteiger partial charge is 0.371 e. The van der Waals surface area contributed by atoms with Gasteiger partial charge in [-0.3, -0.25) is 15.0 Å². The van der Waals surface area contributed by atoms with E-state index in [9.17, 15) is 9.59 Å². The summed E-state index contributed by atoms with van der Waals surface area (Å²) in [6.07, 6.45) is 4.23. The molecule has 1 heterocycles. The van der Waals surface area contributed by atoms with Crippen LogP contribution in [0.15, 0.2) is 28.7 Å². The van der Waals surface area contributed by atoms with Gasteiger partial charge in [-0.2, -0.15) is 0 Å². The molecular formula is C18H24BrN3O3. The fraction of sp³-hybridized carbons (Fsp3) is 0.556. The van der Waals surface area contributed by atoms with Gasteiger partial charge < -0.3 is 10.1 Å². The maximum atomic E-state index is 12.1. The van der Waals surface area contributed by atoms with E-state index >= 15 is 0 Å². The number of ether oxygens (including phenoxy) is 1. The Morgan fingerprint density at radius 2 is 1.92 bits per heavy atom. The number of hydrogen-bond acceptors (Lipinski definition) is 4. The molecule has 1 atom stereocenters. The van der Waals surface area contributed by atoms with E-state index in [-0.39, 0.29) is 30.6 Å². The average Bonchev–Trinajstić information content (AvgIpc) is 3.08. The standard InChI is InChI=1S/C18H24BrN3O3/c19-14-7-5-13(6-8-14)16-11-22(9-10-25-16)12-17(23)21-18(24)20-15-3-1-2-4-15/h5-8,15-16H,1-4,9-12H2,(H2,20,21,23,24). The molecule has 2 N–H and O–H groups in total. The first-order valence-electron chi connectivity index (χ1n) is 8.80. The highest BCUT2D eigenvalue weighted by molar-refractivity contribution is 9.10. The number of hydrogen-bond donors (Lipinski definition) is 2. The smallest absolute Gasteiger partial charge is 0.321 e. The summed E-state index contributed by atoms with van der Waals surface area (Å²) in [5, 5.41) is 5.31. The summed E-state index contributed by atoms with van der Waals surface area (Å²) in [6, 6.07) is 7.84. The molecule has 6 nitrogen and oxygen atoms in total. The van der Waals surface area contributed by atoms with Crippen LogP contribution in [0.1, 0.15) is 37.4 Å². The first kappa shape index (κ1) is 18.4. The number of halogens is 1. The van der Waals surface area contributed by atoms with Crippen molar-refractivity contribution in [1.29, 1.82) is 0 Å². The van der Waals surface area contributed by atoms with E-state index in [1.165, 1.54) is 0 Å². The van der Waals surface area contributed by atoms with Crippen LogP contribution in [0.4, 0.5) is 4.79 Å². The van der Waals surface area contributed by atoms with Crippen LogP contribution in [-0.2, 0) is 9.53 Å². The molecule has 1 aliphatic carbocycles. The lowest BCUT2D eigenvalue weighted by molar-refractivity contribution is -0.123. The molecule has 7 heteroatoms. The summed E-state index contributed by atoms with van der Waals surface area (Å²) >= 11 is 3.43. The summed E-state index contributed by atoms with van der Waals surface area (Å²) in [5.41, 5.74) is 1.09. The number of nitrogens with zero attached hydrogens (tertiary/aromatic N) is 1. The van der Waals surface area contributed by atoms with Gasteiger partial charge >= 0.3 is 6.03 Å². The van der Waals surface area contributed by atoms with Crippen LogP contribution < -0.4 is 10.6 Å². The van der Waals surface area contributed by atoms with Crippen LogP contribution >= 0.6 is 15.9 Å². The molecule has 1 aliphatic heterocycles. The Labute approximate surface area is 156 Å². The maximum Gasteiger partial charge on any atom is 0.321 e. The Balaban J connectivity index is 1.45. The number of rotatable bonds is 4. The molecule has 1 aromatic carbocycles. The van der Waals surface area contributed by atoms with Gasteiger partial charge in [-0.1, -0.05) is 40.9 Å². The minimum absolute atomic E-state index is 0.0537. The fourth-order valence-corrected chi connectivity index (χ4v) is 3.65. The highest BCUT2D eigenvalue weighted by atomic mass is 79.9. The van der Waals surface area contributed by atoms with Crippen LogP contribution in [0.2, 0.25) is 0 Å². The van der Waals surface area contributed by atoms with Crippen molar-refractivity contribution < 1.29 is 14.3 Å². The zero-order chi connectivity index (χ0) is 17.6. The van der Waals surface area contributed by atoms with Gasteiger partial charge in [-0.15, -0.1) is 0 Å². The number of morpholine rings is 1. The van der Waals surface area contributed by atoms with Gasteiger partial charge in [0, 0.05) is 23.6 Å². The van der Waals surface area contributed by atoms with E-state index in [1.54, 1.807) is 0 Å². The van der Waals surface area contributed by atoms with Crippen molar-refractivity contribution in [3.8, 4) is 0 Å². The first-order chi connectivity index (χ1) is 12.1. The second kappa shape index (κ2) is 8.78. The van der Waals surface area contributed by atoms with Crippen molar-refractivity contribution in [3.05, 3.63) is 34.3 Å².